The molecule has 1 fully saturated rings. The molecule has 0 atom stereocenters. The number of esters is 1. The molecule has 0 aliphatic heterocycles. The first kappa shape index (κ1) is 16.6. The zero-order valence-corrected chi connectivity index (χ0v) is 14.9. The summed E-state index contributed by atoms with van der Waals surface area (Å²) in [7, 11) is 0. The van der Waals surface area contributed by atoms with Gasteiger partial charge in [0.2, 0.25) is 0 Å². The van der Waals surface area contributed by atoms with Gasteiger partial charge in [-0.15, -0.1) is 0 Å². The third-order valence-corrected chi connectivity index (χ3v) is 5.02. The molecule has 4 heteroatoms. The summed E-state index contributed by atoms with van der Waals surface area (Å²) in [6, 6.07) is 19.7. The van der Waals surface area contributed by atoms with Crippen LogP contribution in [-0.2, 0) is 11.3 Å². The summed E-state index contributed by atoms with van der Waals surface area (Å²) in [4.78, 5) is 12.6. The van der Waals surface area contributed by atoms with E-state index in [1.807, 2.05) is 66.2 Å². The Morgan fingerprint density at radius 3 is 2.58 bits per heavy atom. The normalized spacial score (nSPS) is 14.0. The average Bonchev–Trinajstić information content (AvgIpc) is 3.00. The van der Waals surface area contributed by atoms with Crippen LogP contribution in [0.5, 0.6) is 0 Å². The Hall–Kier alpha value is -2.88. The van der Waals surface area contributed by atoms with Gasteiger partial charge in [-0.2, -0.15) is 5.10 Å². The van der Waals surface area contributed by atoms with Gasteiger partial charge in [-0.1, -0.05) is 42.8 Å². The van der Waals surface area contributed by atoms with Crippen molar-refractivity contribution < 1.29 is 9.53 Å². The summed E-state index contributed by atoms with van der Waals surface area (Å²) < 4.78 is 7.43. The van der Waals surface area contributed by atoms with E-state index in [4.69, 9.17) is 4.74 Å². The Bertz CT molecular complexity index is 911. The van der Waals surface area contributed by atoms with Gasteiger partial charge in [0.25, 0.3) is 0 Å². The molecule has 1 aliphatic rings. The van der Waals surface area contributed by atoms with Crippen LogP contribution in [0.15, 0.2) is 60.7 Å². The highest BCUT2D eigenvalue weighted by Crippen LogP contribution is 2.38. The fourth-order valence-corrected chi connectivity index (χ4v) is 3.41. The Labute approximate surface area is 153 Å². The van der Waals surface area contributed by atoms with Crippen molar-refractivity contribution in [2.24, 2.45) is 0 Å². The topological polar surface area (TPSA) is 44.1 Å². The maximum Gasteiger partial charge on any atom is 0.338 e. The first-order chi connectivity index (χ1) is 12.7. The minimum Gasteiger partial charge on any atom is -0.455 e. The molecule has 26 heavy (non-hydrogen) atoms. The molecule has 132 valence electrons. The number of nitrogens with zero attached hydrogens (tertiary/aromatic N) is 2. The Balaban J connectivity index is 1.47. The lowest BCUT2D eigenvalue weighted by molar-refractivity contribution is 0.0464. The molecule has 0 bridgehead atoms. The van der Waals surface area contributed by atoms with E-state index in [0.717, 1.165) is 35.5 Å². The van der Waals surface area contributed by atoms with E-state index in [2.05, 4.69) is 11.2 Å². The second-order valence-corrected chi connectivity index (χ2v) is 6.82. The van der Waals surface area contributed by atoms with E-state index >= 15 is 0 Å². The van der Waals surface area contributed by atoms with Crippen LogP contribution in [0.2, 0.25) is 0 Å². The van der Waals surface area contributed by atoms with E-state index in [9.17, 15) is 4.79 Å². The van der Waals surface area contributed by atoms with E-state index in [-0.39, 0.29) is 12.6 Å². The van der Waals surface area contributed by atoms with Crippen LogP contribution in [0.1, 0.15) is 52.5 Å². The maximum absolute atomic E-state index is 12.6. The van der Waals surface area contributed by atoms with Crippen LogP contribution in [-0.4, -0.2) is 15.7 Å². The van der Waals surface area contributed by atoms with Crippen molar-refractivity contribution in [1.82, 2.24) is 9.78 Å². The van der Waals surface area contributed by atoms with Gasteiger partial charge in [-0.05, 0) is 55.5 Å². The molecule has 0 saturated heterocycles. The molecule has 4 nitrogen and oxygen atoms in total. The van der Waals surface area contributed by atoms with Gasteiger partial charge in [-0.3, -0.25) is 0 Å². The van der Waals surface area contributed by atoms with Crippen LogP contribution >= 0.6 is 0 Å². The Morgan fingerprint density at radius 1 is 1.12 bits per heavy atom. The van der Waals surface area contributed by atoms with Crippen molar-refractivity contribution >= 4 is 5.97 Å². The number of carbonyl (C=O) groups excluding carboxylic acids is 1. The molecule has 1 heterocycles. The Morgan fingerprint density at radius 2 is 1.85 bits per heavy atom. The number of aromatic nitrogens is 2. The van der Waals surface area contributed by atoms with Crippen molar-refractivity contribution in [1.29, 1.82) is 0 Å². The van der Waals surface area contributed by atoms with E-state index in [1.54, 1.807) is 0 Å². The second-order valence-electron chi connectivity index (χ2n) is 6.82. The lowest BCUT2D eigenvalue weighted by Crippen LogP contribution is -2.15. The molecule has 1 aromatic heterocycles. The highest BCUT2D eigenvalue weighted by Gasteiger charge is 2.24. The number of benzene rings is 2. The first-order valence-corrected chi connectivity index (χ1v) is 9.09. The van der Waals surface area contributed by atoms with Crippen LogP contribution in [0.4, 0.5) is 0 Å². The number of para-hydroxylation sites is 1. The quantitative estimate of drug-likeness (QED) is 0.623. The van der Waals surface area contributed by atoms with Crippen molar-refractivity contribution in [3.63, 3.8) is 0 Å². The minimum absolute atomic E-state index is 0.179. The summed E-state index contributed by atoms with van der Waals surface area (Å²) in [5.74, 6) is 0.234. The Kier molecular flexibility index (Phi) is 4.57. The molecule has 1 saturated carbocycles. The highest BCUT2D eigenvalue weighted by atomic mass is 16.5. The van der Waals surface area contributed by atoms with Gasteiger partial charge in [0.05, 0.1) is 11.3 Å². The van der Waals surface area contributed by atoms with Gasteiger partial charge in [0, 0.05) is 5.69 Å². The van der Waals surface area contributed by atoms with Gasteiger partial charge in [0.15, 0.2) is 0 Å². The van der Waals surface area contributed by atoms with Crippen molar-refractivity contribution in [3.8, 4) is 5.69 Å². The summed E-state index contributed by atoms with van der Waals surface area (Å²) in [5.41, 5.74) is 4.57. The maximum atomic E-state index is 12.6. The summed E-state index contributed by atoms with van der Waals surface area (Å²) in [6.07, 6.45) is 3.56. The summed E-state index contributed by atoms with van der Waals surface area (Å²) in [6.45, 7) is 2.18. The van der Waals surface area contributed by atoms with Gasteiger partial charge < -0.3 is 4.74 Å². The standard InChI is InChI=1S/C22H22N2O2/c1-16-14-18(23-24(16)19-10-3-2-4-11-19)15-26-22(25)21-13-6-5-12-20(21)17-8-7-9-17/h2-6,10-14,17H,7-9,15H2,1H3. The SMILES string of the molecule is Cc1cc(COC(=O)c2ccccc2C2CCC2)nn1-c1ccccc1. The number of rotatable bonds is 5. The smallest absolute Gasteiger partial charge is 0.338 e. The zero-order chi connectivity index (χ0) is 17.9. The molecule has 2 aromatic carbocycles. The molecule has 0 N–H and O–H groups in total. The van der Waals surface area contributed by atoms with Gasteiger partial charge in [0.1, 0.15) is 12.3 Å². The number of hydrogen-bond acceptors (Lipinski definition) is 3. The van der Waals surface area contributed by atoms with Crippen molar-refractivity contribution in [2.45, 2.75) is 38.7 Å². The fraction of sp³-hybridized carbons (Fsp3) is 0.273. The monoisotopic (exact) mass is 346 g/mol. The summed E-state index contributed by atoms with van der Waals surface area (Å²) >= 11 is 0. The van der Waals surface area contributed by atoms with Gasteiger partial charge >= 0.3 is 5.97 Å². The molecule has 4 rings (SSSR count). The number of aryl methyl sites for hydroxylation is 1. The predicted octanol–water partition coefficient (Wildman–Crippen LogP) is 4.81. The van der Waals surface area contributed by atoms with Crippen molar-refractivity contribution in [2.75, 3.05) is 0 Å². The van der Waals surface area contributed by atoms with Crippen LogP contribution in [0.3, 0.4) is 0 Å². The van der Waals surface area contributed by atoms with Crippen molar-refractivity contribution in [3.05, 3.63) is 83.2 Å². The van der Waals surface area contributed by atoms with Crippen LogP contribution in [0.25, 0.3) is 5.69 Å². The van der Waals surface area contributed by atoms with Crippen LogP contribution in [0, 0.1) is 6.92 Å². The third-order valence-electron chi connectivity index (χ3n) is 5.02. The van der Waals surface area contributed by atoms with E-state index in [1.165, 1.54) is 6.42 Å². The van der Waals surface area contributed by atoms with E-state index in [0.29, 0.717) is 11.5 Å². The second kappa shape index (κ2) is 7.16. The number of ether oxygens (including phenoxy) is 1. The molecular weight excluding hydrogens is 324 g/mol. The van der Waals surface area contributed by atoms with E-state index < -0.39 is 0 Å². The predicted molar refractivity (Wildman–Crippen MR) is 100 cm³/mol. The molecule has 0 spiro atoms. The minimum atomic E-state index is -0.264. The molecule has 1 aliphatic carbocycles. The first-order valence-electron chi connectivity index (χ1n) is 9.09. The summed E-state index contributed by atoms with van der Waals surface area (Å²) in [5, 5.41) is 4.57. The number of carbonyl (C=O) groups is 1. The zero-order valence-electron chi connectivity index (χ0n) is 14.9. The average molecular weight is 346 g/mol. The lowest BCUT2D eigenvalue weighted by atomic mass is 9.78. The lowest BCUT2D eigenvalue weighted by Gasteiger charge is -2.27. The molecule has 0 radical (unpaired) electrons. The fourth-order valence-electron chi connectivity index (χ4n) is 3.41. The molecular formula is C22H22N2O2. The number of hydrogen-bond donors (Lipinski definition) is 0. The molecule has 0 unspecified atom stereocenters. The highest BCUT2D eigenvalue weighted by molar-refractivity contribution is 5.91. The van der Waals surface area contributed by atoms with Gasteiger partial charge in [-0.25, -0.2) is 9.48 Å². The molecule has 3 aromatic rings. The largest absolute Gasteiger partial charge is 0.455 e. The third kappa shape index (κ3) is 3.27. The van der Waals surface area contributed by atoms with Crippen LogP contribution < -0.4 is 0 Å². The molecule has 0 amide bonds.